The summed E-state index contributed by atoms with van der Waals surface area (Å²) in [6.07, 6.45) is 0. The highest BCUT2D eigenvalue weighted by atomic mass is 32.2. The number of nitrogens with zero attached hydrogens (tertiary/aromatic N) is 1. The van der Waals surface area contributed by atoms with E-state index in [4.69, 9.17) is 10.5 Å². The first-order chi connectivity index (χ1) is 9.08. The molecule has 1 aliphatic heterocycles. The third-order valence-corrected chi connectivity index (χ3v) is 4.13. The van der Waals surface area contributed by atoms with Crippen molar-refractivity contribution in [2.24, 2.45) is 0 Å². The fourth-order valence-electron chi connectivity index (χ4n) is 1.91. The van der Waals surface area contributed by atoms with Gasteiger partial charge >= 0.3 is 0 Å². The maximum Gasteiger partial charge on any atom is 0.235 e. The predicted molar refractivity (Wildman–Crippen MR) is 73.5 cm³/mol. The van der Waals surface area contributed by atoms with Gasteiger partial charge in [-0.25, -0.2) is 4.39 Å². The Balaban J connectivity index is 1.99. The first-order valence-electron chi connectivity index (χ1n) is 6.16. The van der Waals surface area contributed by atoms with E-state index in [1.54, 1.807) is 11.0 Å². The maximum absolute atomic E-state index is 13.0. The van der Waals surface area contributed by atoms with E-state index in [-0.39, 0.29) is 17.0 Å². The number of morpholine rings is 1. The Hall–Kier alpha value is -1.27. The maximum atomic E-state index is 13.0. The van der Waals surface area contributed by atoms with Gasteiger partial charge in [-0.15, -0.1) is 11.8 Å². The van der Waals surface area contributed by atoms with Crippen molar-refractivity contribution in [2.45, 2.75) is 17.1 Å². The Labute approximate surface area is 116 Å². The van der Waals surface area contributed by atoms with Crippen LogP contribution in [-0.4, -0.2) is 42.4 Å². The second kappa shape index (κ2) is 6.25. The van der Waals surface area contributed by atoms with Gasteiger partial charge in [0.05, 0.1) is 18.5 Å². The van der Waals surface area contributed by atoms with Gasteiger partial charge in [-0.1, -0.05) is 0 Å². The van der Waals surface area contributed by atoms with Gasteiger partial charge in [0.15, 0.2) is 0 Å². The van der Waals surface area contributed by atoms with E-state index in [0.717, 1.165) is 4.90 Å². The summed E-state index contributed by atoms with van der Waals surface area (Å²) in [6, 6.07) is 4.23. The highest BCUT2D eigenvalue weighted by molar-refractivity contribution is 8.00. The van der Waals surface area contributed by atoms with E-state index >= 15 is 0 Å². The van der Waals surface area contributed by atoms with E-state index in [1.165, 1.54) is 23.9 Å². The van der Waals surface area contributed by atoms with E-state index in [0.29, 0.717) is 32.0 Å². The number of carbonyl (C=O) groups excluding carboxylic acids is 1. The molecule has 0 radical (unpaired) electrons. The molecule has 2 rings (SSSR count). The van der Waals surface area contributed by atoms with Crippen LogP contribution in [0, 0.1) is 5.82 Å². The molecule has 104 valence electrons. The zero-order valence-corrected chi connectivity index (χ0v) is 11.6. The van der Waals surface area contributed by atoms with Gasteiger partial charge in [-0.2, -0.15) is 0 Å². The predicted octanol–water partition coefficient (Wildman–Crippen LogP) is 1.75. The van der Waals surface area contributed by atoms with Crippen molar-refractivity contribution in [2.75, 3.05) is 32.0 Å². The average molecular weight is 284 g/mol. The molecule has 4 nitrogen and oxygen atoms in total. The number of benzene rings is 1. The zero-order valence-electron chi connectivity index (χ0n) is 10.8. The summed E-state index contributed by atoms with van der Waals surface area (Å²) < 4.78 is 18.2. The molecule has 0 aliphatic carbocycles. The van der Waals surface area contributed by atoms with Gasteiger partial charge in [0.25, 0.3) is 0 Å². The van der Waals surface area contributed by atoms with Crippen LogP contribution in [0.5, 0.6) is 0 Å². The molecule has 0 bridgehead atoms. The minimum atomic E-state index is -0.367. The summed E-state index contributed by atoms with van der Waals surface area (Å²) in [5.41, 5.74) is 6.11. The lowest BCUT2D eigenvalue weighted by Crippen LogP contribution is -2.44. The number of hydrogen-bond donors (Lipinski definition) is 1. The lowest BCUT2D eigenvalue weighted by atomic mass is 10.3. The second-order valence-electron chi connectivity index (χ2n) is 4.38. The fraction of sp³-hybridized carbons (Fsp3) is 0.462. The minimum Gasteiger partial charge on any atom is -0.398 e. The van der Waals surface area contributed by atoms with Crippen LogP contribution in [0.1, 0.15) is 6.92 Å². The molecular weight excluding hydrogens is 267 g/mol. The molecule has 1 atom stereocenters. The lowest BCUT2D eigenvalue weighted by Gasteiger charge is -2.29. The first-order valence-corrected chi connectivity index (χ1v) is 7.04. The van der Waals surface area contributed by atoms with Gasteiger partial charge in [0.1, 0.15) is 5.82 Å². The highest BCUT2D eigenvalue weighted by Crippen LogP contribution is 2.30. The number of nitrogen functional groups attached to an aromatic ring is 1. The number of hydrogen-bond acceptors (Lipinski definition) is 4. The van der Waals surface area contributed by atoms with Crippen LogP contribution in [-0.2, 0) is 9.53 Å². The van der Waals surface area contributed by atoms with E-state index in [2.05, 4.69) is 0 Å². The van der Waals surface area contributed by atoms with Crippen molar-refractivity contribution in [3.8, 4) is 0 Å². The molecule has 1 aliphatic rings. The van der Waals surface area contributed by atoms with Gasteiger partial charge in [0.2, 0.25) is 5.91 Å². The SMILES string of the molecule is CC(Sc1ccc(F)cc1N)C(=O)N1CCOCC1. The van der Waals surface area contributed by atoms with Crippen molar-refractivity contribution in [3.05, 3.63) is 24.0 Å². The molecule has 0 saturated carbocycles. The summed E-state index contributed by atoms with van der Waals surface area (Å²) in [5, 5.41) is -0.245. The molecule has 1 saturated heterocycles. The number of rotatable bonds is 3. The topological polar surface area (TPSA) is 55.6 Å². The Morgan fingerprint density at radius 1 is 1.47 bits per heavy atom. The summed E-state index contributed by atoms with van der Waals surface area (Å²) in [5.74, 6) is -0.300. The van der Waals surface area contributed by atoms with Crippen LogP contribution in [0.2, 0.25) is 0 Å². The number of carbonyl (C=O) groups is 1. The molecule has 0 aromatic heterocycles. The Kier molecular flexibility index (Phi) is 4.66. The molecule has 0 spiro atoms. The molecule has 1 aromatic rings. The molecule has 1 amide bonds. The molecule has 1 fully saturated rings. The van der Waals surface area contributed by atoms with Crippen molar-refractivity contribution >= 4 is 23.4 Å². The molecular formula is C13H17FN2O2S. The Morgan fingerprint density at radius 2 is 2.16 bits per heavy atom. The Bertz CT molecular complexity index is 464. The zero-order chi connectivity index (χ0) is 13.8. The van der Waals surface area contributed by atoms with Crippen molar-refractivity contribution in [1.82, 2.24) is 4.90 Å². The lowest BCUT2D eigenvalue weighted by molar-refractivity contribution is -0.134. The molecule has 6 heteroatoms. The van der Waals surface area contributed by atoms with E-state index < -0.39 is 0 Å². The molecule has 1 heterocycles. The quantitative estimate of drug-likeness (QED) is 0.678. The molecule has 2 N–H and O–H groups in total. The number of thioether (sulfide) groups is 1. The minimum absolute atomic E-state index is 0.0667. The summed E-state index contributed by atoms with van der Waals surface area (Å²) in [6.45, 7) is 4.26. The molecule has 19 heavy (non-hydrogen) atoms. The second-order valence-corrected chi connectivity index (χ2v) is 5.76. The van der Waals surface area contributed by atoms with Crippen molar-refractivity contribution in [3.63, 3.8) is 0 Å². The number of anilines is 1. The average Bonchev–Trinajstić information content (AvgIpc) is 2.42. The summed E-state index contributed by atoms with van der Waals surface area (Å²) in [7, 11) is 0. The molecule has 1 unspecified atom stereocenters. The van der Waals surface area contributed by atoms with Crippen molar-refractivity contribution < 1.29 is 13.9 Å². The smallest absolute Gasteiger partial charge is 0.235 e. The van der Waals surface area contributed by atoms with Crippen LogP contribution in [0.4, 0.5) is 10.1 Å². The largest absolute Gasteiger partial charge is 0.398 e. The van der Waals surface area contributed by atoms with E-state index in [1.807, 2.05) is 6.92 Å². The van der Waals surface area contributed by atoms with E-state index in [9.17, 15) is 9.18 Å². The number of ether oxygens (including phenoxy) is 1. The van der Waals surface area contributed by atoms with Crippen LogP contribution < -0.4 is 5.73 Å². The summed E-state index contributed by atoms with van der Waals surface area (Å²) in [4.78, 5) is 14.7. The monoisotopic (exact) mass is 284 g/mol. The first kappa shape index (κ1) is 14.1. The Morgan fingerprint density at radius 3 is 2.79 bits per heavy atom. The van der Waals surface area contributed by atoms with Crippen LogP contribution in [0.25, 0.3) is 0 Å². The van der Waals surface area contributed by atoms with Gasteiger partial charge in [-0.3, -0.25) is 4.79 Å². The number of amides is 1. The van der Waals surface area contributed by atoms with Crippen LogP contribution >= 0.6 is 11.8 Å². The standard InChI is InChI=1S/C13H17FN2O2S/c1-9(13(17)16-4-6-18-7-5-16)19-12-3-2-10(14)8-11(12)15/h2-3,8-9H,4-7,15H2,1H3. The third kappa shape index (κ3) is 3.61. The number of nitrogens with two attached hydrogens (primary N) is 1. The van der Waals surface area contributed by atoms with Gasteiger partial charge < -0.3 is 15.4 Å². The fourth-order valence-corrected chi connectivity index (χ4v) is 2.88. The highest BCUT2D eigenvalue weighted by Gasteiger charge is 2.23. The van der Waals surface area contributed by atoms with Gasteiger partial charge in [-0.05, 0) is 25.1 Å². The molecule has 1 aromatic carbocycles. The van der Waals surface area contributed by atoms with Gasteiger partial charge in [0, 0.05) is 23.7 Å². The van der Waals surface area contributed by atoms with Crippen LogP contribution in [0.3, 0.4) is 0 Å². The normalized spacial score (nSPS) is 17.3. The number of halogens is 1. The summed E-state index contributed by atoms with van der Waals surface area (Å²) >= 11 is 1.36. The third-order valence-electron chi connectivity index (χ3n) is 2.95. The van der Waals surface area contributed by atoms with Crippen molar-refractivity contribution in [1.29, 1.82) is 0 Å². The van der Waals surface area contributed by atoms with Crippen LogP contribution in [0.15, 0.2) is 23.1 Å².